The molecule has 7 nitrogen and oxygen atoms in total. The van der Waals surface area contributed by atoms with Crippen molar-refractivity contribution in [3.63, 3.8) is 0 Å². The van der Waals surface area contributed by atoms with Gasteiger partial charge in [0.25, 0.3) is 0 Å². The monoisotopic (exact) mass is 222 g/mol. The summed E-state index contributed by atoms with van der Waals surface area (Å²) >= 11 is 0. The average Bonchev–Trinajstić information content (AvgIpc) is 2.20. The van der Waals surface area contributed by atoms with Crippen LogP contribution in [0.4, 0.5) is 0 Å². The number of nitro groups is 1. The fraction of sp³-hybridized carbons (Fsp3) is 1.00. The van der Waals surface area contributed by atoms with E-state index < -0.39 is 35.8 Å². The third-order valence-corrected chi connectivity index (χ3v) is 2.30. The fourth-order valence-corrected chi connectivity index (χ4v) is 0.786. The topological polar surface area (TPSA) is 116 Å². The van der Waals surface area contributed by atoms with E-state index in [1.807, 2.05) is 0 Å². The summed E-state index contributed by atoms with van der Waals surface area (Å²) in [6.45, 7) is 1.30. The molecule has 0 aliphatic rings. The minimum Gasteiger partial charge on any atom is -0.394 e. The van der Waals surface area contributed by atoms with Crippen LogP contribution in [0.2, 0.25) is 0 Å². The van der Waals surface area contributed by atoms with Crippen molar-refractivity contribution in [1.82, 2.24) is 5.32 Å². The first-order chi connectivity index (χ1) is 6.83. The molecule has 90 valence electrons. The van der Waals surface area contributed by atoms with Crippen LogP contribution in [0.3, 0.4) is 0 Å². The van der Waals surface area contributed by atoms with Crippen LogP contribution in [0.5, 0.6) is 0 Å². The van der Waals surface area contributed by atoms with Gasteiger partial charge in [0, 0.05) is 18.8 Å². The number of aliphatic hydroxyl groups excluding tert-OH is 3. The van der Waals surface area contributed by atoms with Gasteiger partial charge < -0.3 is 15.3 Å². The van der Waals surface area contributed by atoms with Crippen molar-refractivity contribution in [2.75, 3.05) is 26.4 Å². The molecule has 0 aromatic heterocycles. The van der Waals surface area contributed by atoms with Crippen molar-refractivity contribution >= 4 is 0 Å². The fourth-order valence-electron chi connectivity index (χ4n) is 0.786. The minimum atomic E-state index is -1.27. The summed E-state index contributed by atoms with van der Waals surface area (Å²) in [4.78, 5) is 10.1. The van der Waals surface area contributed by atoms with Crippen molar-refractivity contribution in [1.29, 1.82) is 0 Å². The lowest BCUT2D eigenvalue weighted by Gasteiger charge is -2.30. The van der Waals surface area contributed by atoms with Crippen LogP contribution in [-0.4, -0.2) is 57.7 Å². The number of aliphatic hydroxyl groups is 3. The molecule has 0 unspecified atom stereocenters. The van der Waals surface area contributed by atoms with Crippen LogP contribution in [0, 0.1) is 10.1 Å². The van der Waals surface area contributed by atoms with E-state index in [0.29, 0.717) is 0 Å². The van der Waals surface area contributed by atoms with E-state index in [1.165, 1.54) is 13.8 Å². The van der Waals surface area contributed by atoms with Crippen LogP contribution in [0.25, 0.3) is 0 Å². The molecule has 0 aliphatic heterocycles. The van der Waals surface area contributed by atoms with Gasteiger partial charge in [-0.05, 0) is 0 Å². The third kappa shape index (κ3) is 3.71. The van der Waals surface area contributed by atoms with E-state index in [-0.39, 0.29) is 6.54 Å². The van der Waals surface area contributed by atoms with Crippen molar-refractivity contribution in [2.45, 2.75) is 24.9 Å². The number of hydrogen-bond acceptors (Lipinski definition) is 6. The quantitative estimate of drug-likeness (QED) is 0.303. The third-order valence-electron chi connectivity index (χ3n) is 2.30. The highest BCUT2D eigenvalue weighted by Crippen LogP contribution is 2.09. The molecular formula is C8H18N2O5. The molecule has 0 aromatic carbocycles. The highest BCUT2D eigenvalue weighted by atomic mass is 16.6. The lowest BCUT2D eigenvalue weighted by atomic mass is 10.00. The first-order valence-corrected chi connectivity index (χ1v) is 4.56. The van der Waals surface area contributed by atoms with Crippen molar-refractivity contribution < 1.29 is 20.2 Å². The molecule has 0 radical (unpaired) electrons. The lowest BCUT2D eigenvalue weighted by Crippen LogP contribution is -2.59. The molecule has 15 heavy (non-hydrogen) atoms. The maximum Gasteiger partial charge on any atom is 0.229 e. The standard InChI is InChI=1S/C8H18N2O5/c1-7(2,10(14)15)3-9-8(4-11,5-12)6-13/h9,11-13H,3-6H2,1-2H3. The Bertz CT molecular complexity index is 207. The second kappa shape index (κ2) is 5.36. The molecule has 4 N–H and O–H groups in total. The zero-order chi connectivity index (χ0) is 12.1. The van der Waals surface area contributed by atoms with E-state index in [1.54, 1.807) is 0 Å². The molecule has 0 aromatic rings. The minimum absolute atomic E-state index is 0.0539. The lowest BCUT2D eigenvalue weighted by molar-refractivity contribution is -0.558. The van der Waals surface area contributed by atoms with Gasteiger partial charge >= 0.3 is 0 Å². The Balaban J connectivity index is 4.40. The zero-order valence-electron chi connectivity index (χ0n) is 8.93. The Morgan fingerprint density at radius 3 is 1.87 bits per heavy atom. The second-order valence-corrected chi connectivity index (χ2v) is 4.18. The number of nitrogens with zero attached hydrogens (tertiary/aromatic N) is 1. The molecule has 0 saturated carbocycles. The van der Waals surface area contributed by atoms with Crippen molar-refractivity contribution in [2.24, 2.45) is 0 Å². The van der Waals surface area contributed by atoms with Crippen LogP contribution < -0.4 is 5.32 Å². The van der Waals surface area contributed by atoms with Crippen LogP contribution >= 0.6 is 0 Å². The Morgan fingerprint density at radius 2 is 1.60 bits per heavy atom. The Morgan fingerprint density at radius 1 is 1.20 bits per heavy atom. The van der Waals surface area contributed by atoms with Gasteiger partial charge in [0.1, 0.15) is 0 Å². The summed E-state index contributed by atoms with van der Waals surface area (Å²) in [6.07, 6.45) is 0. The summed E-state index contributed by atoms with van der Waals surface area (Å²) in [5.41, 5.74) is -2.49. The average molecular weight is 222 g/mol. The molecule has 0 atom stereocenters. The molecule has 0 heterocycles. The molecule has 0 bridgehead atoms. The predicted octanol–water partition coefficient (Wildman–Crippen LogP) is -1.65. The summed E-state index contributed by atoms with van der Waals surface area (Å²) < 4.78 is 0. The first-order valence-electron chi connectivity index (χ1n) is 4.56. The maximum absolute atomic E-state index is 10.6. The van der Waals surface area contributed by atoms with Crippen LogP contribution in [-0.2, 0) is 0 Å². The van der Waals surface area contributed by atoms with Gasteiger partial charge in [-0.1, -0.05) is 0 Å². The molecule has 7 heteroatoms. The normalized spacial score (nSPS) is 12.9. The molecule has 0 spiro atoms. The van der Waals surface area contributed by atoms with Gasteiger partial charge in [-0.2, -0.15) is 0 Å². The van der Waals surface area contributed by atoms with E-state index in [9.17, 15) is 10.1 Å². The summed E-state index contributed by atoms with van der Waals surface area (Å²) in [5.74, 6) is 0. The predicted molar refractivity (Wildman–Crippen MR) is 53.1 cm³/mol. The summed E-state index contributed by atoms with van der Waals surface area (Å²) in [7, 11) is 0. The Kier molecular flexibility index (Phi) is 5.09. The maximum atomic E-state index is 10.6. The van der Waals surface area contributed by atoms with E-state index in [4.69, 9.17) is 15.3 Å². The molecule has 0 fully saturated rings. The summed E-state index contributed by atoms with van der Waals surface area (Å²) in [6, 6.07) is 0. The molecule has 0 saturated heterocycles. The number of rotatable bonds is 7. The molecule has 0 rings (SSSR count). The van der Waals surface area contributed by atoms with Crippen LogP contribution in [0.1, 0.15) is 13.8 Å². The van der Waals surface area contributed by atoms with Gasteiger partial charge in [0.2, 0.25) is 5.54 Å². The van der Waals surface area contributed by atoms with Gasteiger partial charge in [-0.25, -0.2) is 0 Å². The van der Waals surface area contributed by atoms with Crippen LogP contribution in [0.15, 0.2) is 0 Å². The smallest absolute Gasteiger partial charge is 0.229 e. The zero-order valence-corrected chi connectivity index (χ0v) is 8.93. The van der Waals surface area contributed by atoms with Gasteiger partial charge in [0.15, 0.2) is 0 Å². The molecular weight excluding hydrogens is 204 g/mol. The van der Waals surface area contributed by atoms with E-state index in [0.717, 1.165) is 0 Å². The van der Waals surface area contributed by atoms with E-state index in [2.05, 4.69) is 5.32 Å². The molecule has 0 amide bonds. The Labute approximate surface area is 87.9 Å². The Hall–Kier alpha value is -0.760. The number of nitrogens with one attached hydrogen (secondary N) is 1. The largest absolute Gasteiger partial charge is 0.394 e. The highest BCUT2D eigenvalue weighted by Gasteiger charge is 2.35. The SMILES string of the molecule is CC(C)(CNC(CO)(CO)CO)[N+](=O)[O-]. The summed E-state index contributed by atoms with van der Waals surface area (Å²) in [5, 5.41) is 40.1. The van der Waals surface area contributed by atoms with Crippen molar-refractivity contribution in [3.05, 3.63) is 10.1 Å². The molecule has 0 aliphatic carbocycles. The second-order valence-electron chi connectivity index (χ2n) is 4.18. The van der Waals surface area contributed by atoms with Gasteiger partial charge in [0.05, 0.1) is 31.9 Å². The van der Waals surface area contributed by atoms with Gasteiger partial charge in [-0.3, -0.25) is 15.4 Å². The van der Waals surface area contributed by atoms with E-state index >= 15 is 0 Å². The first kappa shape index (κ1) is 14.2. The highest BCUT2D eigenvalue weighted by molar-refractivity contribution is 4.88. The van der Waals surface area contributed by atoms with Gasteiger partial charge in [-0.15, -0.1) is 0 Å². The number of hydrogen-bond donors (Lipinski definition) is 4. The van der Waals surface area contributed by atoms with Crippen molar-refractivity contribution in [3.8, 4) is 0 Å².